The molecule has 1 unspecified atom stereocenters. The Hall–Kier alpha value is -1.39. The average molecular weight is 234 g/mol. The molecule has 0 radical (unpaired) electrons. The van der Waals surface area contributed by atoms with Gasteiger partial charge in [-0.05, 0) is 37.6 Å². The number of aromatic carboxylic acids is 1. The Morgan fingerprint density at radius 3 is 2.71 bits per heavy atom. The van der Waals surface area contributed by atoms with Gasteiger partial charge < -0.3 is 15.7 Å². The molecule has 92 valence electrons. The van der Waals surface area contributed by atoms with Crippen LogP contribution in [0.4, 0.5) is 0 Å². The lowest BCUT2D eigenvalue weighted by Gasteiger charge is -2.24. The minimum atomic E-state index is -0.878. The van der Waals surface area contributed by atoms with Gasteiger partial charge in [-0.25, -0.2) is 4.79 Å². The molecule has 1 aliphatic heterocycles. The van der Waals surface area contributed by atoms with Crippen molar-refractivity contribution < 1.29 is 9.90 Å². The number of carbonyl (C=O) groups is 1. The number of nitrogens with one attached hydrogen (secondary N) is 2. The summed E-state index contributed by atoms with van der Waals surface area (Å²) in [5, 5.41) is 15.6. The molecule has 1 fully saturated rings. The Morgan fingerprint density at radius 2 is 2.18 bits per heavy atom. The van der Waals surface area contributed by atoms with E-state index in [9.17, 15) is 4.79 Å². The van der Waals surface area contributed by atoms with Crippen LogP contribution in [-0.4, -0.2) is 29.7 Å². The fraction of sp³-hybridized carbons (Fsp3) is 0.462. The number of benzene rings is 1. The smallest absolute Gasteiger partial charge is 0.335 e. The Bertz CT molecular complexity index is 394. The monoisotopic (exact) mass is 234 g/mol. The van der Waals surface area contributed by atoms with E-state index < -0.39 is 5.97 Å². The van der Waals surface area contributed by atoms with Crippen molar-refractivity contribution in [1.29, 1.82) is 0 Å². The quantitative estimate of drug-likeness (QED) is 0.733. The molecule has 0 aromatic heterocycles. The number of hydrogen-bond acceptors (Lipinski definition) is 3. The standard InChI is InChI=1S/C13H18N2O2/c1-13(6-7-14-9-13)15-8-10-2-4-11(5-3-10)12(16)17/h2-5,14-15H,6-9H2,1H3,(H,16,17). The molecule has 1 aromatic carbocycles. The lowest BCUT2D eigenvalue weighted by Crippen LogP contribution is -2.43. The molecule has 1 saturated heterocycles. The van der Waals surface area contributed by atoms with E-state index >= 15 is 0 Å². The zero-order valence-corrected chi connectivity index (χ0v) is 9.99. The molecule has 2 rings (SSSR count). The highest BCUT2D eigenvalue weighted by Gasteiger charge is 2.27. The van der Waals surface area contributed by atoms with Gasteiger partial charge in [-0.2, -0.15) is 0 Å². The minimum absolute atomic E-state index is 0.158. The lowest BCUT2D eigenvalue weighted by atomic mass is 10.0. The van der Waals surface area contributed by atoms with E-state index in [-0.39, 0.29) is 5.54 Å². The van der Waals surface area contributed by atoms with Gasteiger partial charge in [0.25, 0.3) is 0 Å². The first-order valence-corrected chi connectivity index (χ1v) is 5.87. The largest absolute Gasteiger partial charge is 0.478 e. The number of carboxylic acid groups (broad SMARTS) is 1. The summed E-state index contributed by atoms with van der Waals surface area (Å²) in [4.78, 5) is 10.7. The molecular weight excluding hydrogens is 216 g/mol. The van der Waals surface area contributed by atoms with Crippen molar-refractivity contribution >= 4 is 5.97 Å². The van der Waals surface area contributed by atoms with Crippen LogP contribution in [0, 0.1) is 0 Å². The van der Waals surface area contributed by atoms with E-state index in [1.54, 1.807) is 12.1 Å². The summed E-state index contributed by atoms with van der Waals surface area (Å²) in [6, 6.07) is 7.02. The molecule has 0 saturated carbocycles. The van der Waals surface area contributed by atoms with E-state index in [1.807, 2.05) is 12.1 Å². The topological polar surface area (TPSA) is 61.4 Å². The van der Waals surface area contributed by atoms with E-state index in [4.69, 9.17) is 5.11 Å². The first-order chi connectivity index (χ1) is 8.09. The predicted octanol–water partition coefficient (Wildman–Crippen LogP) is 1.23. The number of rotatable bonds is 4. The lowest BCUT2D eigenvalue weighted by molar-refractivity contribution is 0.0697. The third-order valence-electron chi connectivity index (χ3n) is 3.29. The van der Waals surface area contributed by atoms with Crippen LogP contribution in [0.15, 0.2) is 24.3 Å². The second-order valence-corrected chi connectivity index (χ2v) is 4.84. The summed E-state index contributed by atoms with van der Waals surface area (Å²) >= 11 is 0. The third kappa shape index (κ3) is 3.05. The molecule has 3 N–H and O–H groups in total. The van der Waals surface area contributed by atoms with Crippen molar-refractivity contribution in [2.75, 3.05) is 13.1 Å². The van der Waals surface area contributed by atoms with Gasteiger partial charge >= 0.3 is 5.97 Å². The molecule has 0 spiro atoms. The maximum absolute atomic E-state index is 10.7. The predicted molar refractivity (Wildman–Crippen MR) is 66.1 cm³/mol. The summed E-state index contributed by atoms with van der Waals surface area (Å²) < 4.78 is 0. The summed E-state index contributed by atoms with van der Waals surface area (Å²) in [5.41, 5.74) is 1.61. The first-order valence-electron chi connectivity index (χ1n) is 5.87. The van der Waals surface area contributed by atoms with Gasteiger partial charge in [0.1, 0.15) is 0 Å². The average Bonchev–Trinajstić information content (AvgIpc) is 2.75. The van der Waals surface area contributed by atoms with Gasteiger partial charge in [0, 0.05) is 18.6 Å². The molecular formula is C13H18N2O2. The molecule has 1 heterocycles. The molecule has 0 bridgehead atoms. The van der Waals surface area contributed by atoms with Gasteiger partial charge in [0.15, 0.2) is 0 Å². The van der Waals surface area contributed by atoms with Gasteiger partial charge in [0.2, 0.25) is 0 Å². The Labute approximate surface area is 101 Å². The summed E-state index contributed by atoms with van der Waals surface area (Å²) in [6.07, 6.45) is 1.13. The third-order valence-corrected chi connectivity index (χ3v) is 3.29. The van der Waals surface area contributed by atoms with Crippen molar-refractivity contribution in [2.45, 2.75) is 25.4 Å². The van der Waals surface area contributed by atoms with Crippen LogP contribution < -0.4 is 10.6 Å². The highest BCUT2D eigenvalue weighted by molar-refractivity contribution is 5.87. The van der Waals surface area contributed by atoms with E-state index in [0.717, 1.165) is 31.6 Å². The second-order valence-electron chi connectivity index (χ2n) is 4.84. The van der Waals surface area contributed by atoms with E-state index in [2.05, 4.69) is 17.6 Å². The normalized spacial score (nSPS) is 23.8. The Balaban J connectivity index is 1.93. The van der Waals surface area contributed by atoms with Crippen molar-refractivity contribution in [3.63, 3.8) is 0 Å². The molecule has 0 amide bonds. The van der Waals surface area contributed by atoms with Gasteiger partial charge in [-0.1, -0.05) is 12.1 Å². The van der Waals surface area contributed by atoms with Crippen LogP contribution in [0.25, 0.3) is 0 Å². The first kappa shape index (κ1) is 12.1. The van der Waals surface area contributed by atoms with E-state index in [1.165, 1.54) is 0 Å². The van der Waals surface area contributed by atoms with Crippen LogP contribution in [0.2, 0.25) is 0 Å². The van der Waals surface area contributed by atoms with Crippen molar-refractivity contribution in [1.82, 2.24) is 10.6 Å². The van der Waals surface area contributed by atoms with Crippen LogP contribution in [0.1, 0.15) is 29.3 Å². The molecule has 0 aliphatic carbocycles. The molecule has 1 aromatic rings. The van der Waals surface area contributed by atoms with Gasteiger partial charge in [0.05, 0.1) is 5.56 Å². The summed E-state index contributed by atoms with van der Waals surface area (Å²) in [7, 11) is 0. The minimum Gasteiger partial charge on any atom is -0.478 e. The zero-order valence-electron chi connectivity index (χ0n) is 9.99. The maximum atomic E-state index is 10.7. The van der Waals surface area contributed by atoms with Crippen molar-refractivity contribution in [3.8, 4) is 0 Å². The maximum Gasteiger partial charge on any atom is 0.335 e. The Kier molecular flexibility index (Phi) is 3.45. The Morgan fingerprint density at radius 1 is 1.47 bits per heavy atom. The van der Waals surface area contributed by atoms with Crippen LogP contribution >= 0.6 is 0 Å². The highest BCUT2D eigenvalue weighted by Crippen LogP contribution is 2.14. The molecule has 4 nitrogen and oxygen atoms in total. The van der Waals surface area contributed by atoms with Gasteiger partial charge in [-0.3, -0.25) is 0 Å². The summed E-state index contributed by atoms with van der Waals surface area (Å²) in [5.74, 6) is -0.878. The van der Waals surface area contributed by atoms with Crippen LogP contribution in [-0.2, 0) is 6.54 Å². The van der Waals surface area contributed by atoms with Crippen molar-refractivity contribution in [2.24, 2.45) is 0 Å². The van der Waals surface area contributed by atoms with Crippen molar-refractivity contribution in [3.05, 3.63) is 35.4 Å². The number of carboxylic acids is 1. The zero-order chi connectivity index (χ0) is 12.3. The fourth-order valence-electron chi connectivity index (χ4n) is 2.05. The summed E-state index contributed by atoms with van der Waals surface area (Å²) in [6.45, 7) is 5.03. The number of hydrogen-bond donors (Lipinski definition) is 3. The molecule has 1 aliphatic rings. The SMILES string of the molecule is CC1(NCc2ccc(C(=O)O)cc2)CCNC1. The molecule has 1 atom stereocenters. The van der Waals surface area contributed by atoms with Gasteiger partial charge in [-0.15, -0.1) is 0 Å². The van der Waals surface area contributed by atoms with Crippen LogP contribution in [0.3, 0.4) is 0 Å². The fourth-order valence-corrected chi connectivity index (χ4v) is 2.05. The highest BCUT2D eigenvalue weighted by atomic mass is 16.4. The van der Waals surface area contributed by atoms with Crippen LogP contribution in [0.5, 0.6) is 0 Å². The van der Waals surface area contributed by atoms with E-state index in [0.29, 0.717) is 5.56 Å². The molecule has 4 heteroatoms. The molecule has 17 heavy (non-hydrogen) atoms. The second kappa shape index (κ2) is 4.85.